The van der Waals surface area contributed by atoms with Gasteiger partial charge in [0.25, 0.3) is 15.9 Å². The van der Waals surface area contributed by atoms with Crippen LogP contribution in [0.25, 0.3) is 5.52 Å². The SMILES string of the molecule is CC(F)(CN1C[C@@H](F)C[C@@H]1c1cccc(F)c1)S(=O)(=O)NC(=O)c1cnn2ccccc12. The summed E-state index contributed by atoms with van der Waals surface area (Å²) in [5, 5.41) is 1.03. The number of rotatable bonds is 6. The molecule has 0 aliphatic carbocycles. The van der Waals surface area contributed by atoms with Crippen molar-refractivity contribution >= 4 is 21.4 Å². The molecule has 3 aromatic rings. The van der Waals surface area contributed by atoms with Crippen LogP contribution in [0.15, 0.2) is 54.9 Å². The number of hydrogen-bond acceptors (Lipinski definition) is 5. The van der Waals surface area contributed by atoms with Crippen molar-refractivity contribution in [2.45, 2.75) is 30.6 Å². The first-order chi connectivity index (χ1) is 15.1. The molecule has 1 amide bonds. The molecule has 32 heavy (non-hydrogen) atoms. The van der Waals surface area contributed by atoms with Crippen molar-refractivity contribution in [1.82, 2.24) is 19.2 Å². The van der Waals surface area contributed by atoms with E-state index in [0.717, 1.165) is 6.92 Å². The van der Waals surface area contributed by atoms with Crippen molar-refractivity contribution in [1.29, 1.82) is 0 Å². The Bertz CT molecular complexity index is 1260. The van der Waals surface area contributed by atoms with Gasteiger partial charge in [0.1, 0.15) is 12.0 Å². The van der Waals surface area contributed by atoms with Crippen LogP contribution in [0.1, 0.15) is 35.3 Å². The number of amides is 1. The first kappa shape index (κ1) is 22.3. The molecule has 3 atom stereocenters. The van der Waals surface area contributed by atoms with E-state index in [9.17, 15) is 22.0 Å². The Labute approximate surface area is 182 Å². The number of benzene rings is 1. The van der Waals surface area contributed by atoms with E-state index in [0.29, 0.717) is 11.1 Å². The zero-order chi connectivity index (χ0) is 23.1. The minimum atomic E-state index is -4.81. The summed E-state index contributed by atoms with van der Waals surface area (Å²) in [6, 6.07) is 9.68. The van der Waals surface area contributed by atoms with E-state index in [4.69, 9.17) is 0 Å². The summed E-state index contributed by atoms with van der Waals surface area (Å²) in [7, 11) is -4.81. The van der Waals surface area contributed by atoms with Gasteiger partial charge in [0.2, 0.25) is 5.00 Å². The molecule has 4 rings (SSSR count). The Balaban J connectivity index is 1.54. The molecule has 2 aromatic heterocycles. The molecule has 3 heterocycles. The van der Waals surface area contributed by atoms with E-state index in [2.05, 4.69) is 5.10 Å². The van der Waals surface area contributed by atoms with Crippen molar-refractivity contribution in [2.75, 3.05) is 13.1 Å². The van der Waals surface area contributed by atoms with Gasteiger partial charge in [-0.15, -0.1) is 0 Å². The van der Waals surface area contributed by atoms with E-state index < -0.39 is 45.5 Å². The van der Waals surface area contributed by atoms with Gasteiger partial charge in [0, 0.05) is 25.3 Å². The predicted octanol–water partition coefficient (Wildman–Crippen LogP) is 3.00. The van der Waals surface area contributed by atoms with Crippen LogP contribution in [0.5, 0.6) is 0 Å². The molecule has 0 radical (unpaired) electrons. The zero-order valence-electron chi connectivity index (χ0n) is 17.1. The topological polar surface area (TPSA) is 83.8 Å². The standard InChI is InChI=1S/C21H21F3N4O3S/c1-21(24,13-27-12-16(23)10-19(27)14-5-4-6-15(22)9-14)32(30,31)26-20(29)17-11-25-28-8-3-2-7-18(17)28/h2-9,11,16,19H,10,12-13H2,1H3,(H,26,29)/t16-,19+,21?/m0/s1. The fourth-order valence-corrected chi connectivity index (χ4v) is 4.83. The molecule has 0 spiro atoms. The van der Waals surface area contributed by atoms with Gasteiger partial charge < -0.3 is 0 Å². The quantitative estimate of drug-likeness (QED) is 0.604. The molecule has 1 unspecified atom stereocenters. The first-order valence-electron chi connectivity index (χ1n) is 9.89. The van der Waals surface area contributed by atoms with Crippen molar-refractivity contribution in [2.24, 2.45) is 0 Å². The smallest absolute Gasteiger partial charge is 0.271 e. The van der Waals surface area contributed by atoms with Gasteiger partial charge in [-0.3, -0.25) is 9.69 Å². The third-order valence-corrected chi connectivity index (χ3v) is 7.23. The van der Waals surface area contributed by atoms with Crippen molar-refractivity contribution in [3.63, 3.8) is 0 Å². The maximum absolute atomic E-state index is 15.5. The van der Waals surface area contributed by atoms with Gasteiger partial charge in [-0.1, -0.05) is 18.2 Å². The summed E-state index contributed by atoms with van der Waals surface area (Å²) in [5.41, 5.74) is 0.744. The van der Waals surface area contributed by atoms with Crippen LogP contribution in [0.4, 0.5) is 13.2 Å². The van der Waals surface area contributed by atoms with Crippen molar-refractivity contribution < 1.29 is 26.4 Å². The number of carbonyl (C=O) groups is 1. The number of nitrogens with one attached hydrogen (secondary N) is 1. The highest BCUT2D eigenvalue weighted by Gasteiger charge is 2.46. The maximum Gasteiger partial charge on any atom is 0.271 e. The Morgan fingerprint density at radius 1 is 1.28 bits per heavy atom. The van der Waals surface area contributed by atoms with Gasteiger partial charge in [-0.05, 0) is 43.2 Å². The summed E-state index contributed by atoms with van der Waals surface area (Å²) < 4.78 is 71.9. The van der Waals surface area contributed by atoms with Crippen LogP contribution in [0, 0.1) is 5.82 Å². The molecule has 1 aliphatic heterocycles. The number of alkyl halides is 2. The van der Waals surface area contributed by atoms with Gasteiger partial charge >= 0.3 is 0 Å². The normalized spacial score (nSPS) is 21.5. The lowest BCUT2D eigenvalue weighted by Crippen LogP contribution is -2.50. The molecule has 7 nitrogen and oxygen atoms in total. The summed E-state index contributed by atoms with van der Waals surface area (Å²) in [6.45, 7) is -0.100. The fourth-order valence-electron chi connectivity index (χ4n) is 3.92. The predicted molar refractivity (Wildman–Crippen MR) is 111 cm³/mol. The first-order valence-corrected chi connectivity index (χ1v) is 11.4. The monoisotopic (exact) mass is 466 g/mol. The second-order valence-electron chi connectivity index (χ2n) is 7.96. The van der Waals surface area contributed by atoms with Gasteiger partial charge in [0.15, 0.2) is 0 Å². The van der Waals surface area contributed by atoms with E-state index in [1.54, 1.807) is 35.2 Å². The average Bonchev–Trinajstić information content (AvgIpc) is 3.30. The molecule has 1 aliphatic rings. The number of carbonyl (C=O) groups excluding carboxylic acids is 1. The number of pyridine rings is 1. The Hall–Kier alpha value is -2.92. The minimum absolute atomic E-state index is 0.0195. The molecule has 1 fully saturated rings. The summed E-state index contributed by atoms with van der Waals surface area (Å²) in [5.74, 6) is -1.55. The van der Waals surface area contributed by atoms with Crippen molar-refractivity contribution in [3.8, 4) is 0 Å². The Morgan fingerprint density at radius 3 is 2.81 bits per heavy atom. The molecule has 1 aromatic carbocycles. The number of nitrogens with zero attached hydrogens (tertiary/aromatic N) is 3. The number of sulfonamides is 1. The molecule has 170 valence electrons. The highest BCUT2D eigenvalue weighted by atomic mass is 32.2. The van der Waals surface area contributed by atoms with Crippen LogP contribution in [-0.4, -0.2) is 53.1 Å². The molecule has 0 bridgehead atoms. The largest absolute Gasteiger partial charge is 0.289 e. The minimum Gasteiger partial charge on any atom is -0.289 e. The van der Waals surface area contributed by atoms with E-state index in [1.165, 1.54) is 33.8 Å². The van der Waals surface area contributed by atoms with Crippen LogP contribution in [0.3, 0.4) is 0 Å². The van der Waals surface area contributed by atoms with Crippen LogP contribution >= 0.6 is 0 Å². The highest BCUT2D eigenvalue weighted by molar-refractivity contribution is 7.91. The van der Waals surface area contributed by atoms with Crippen LogP contribution in [-0.2, 0) is 10.0 Å². The lowest BCUT2D eigenvalue weighted by Gasteiger charge is -2.30. The van der Waals surface area contributed by atoms with Crippen molar-refractivity contribution in [3.05, 3.63) is 71.8 Å². The zero-order valence-corrected chi connectivity index (χ0v) is 17.9. The number of likely N-dealkylation sites (tertiary alicyclic amines) is 1. The summed E-state index contributed by atoms with van der Waals surface area (Å²) in [4.78, 5) is 13.9. The lowest BCUT2D eigenvalue weighted by atomic mass is 10.0. The second kappa shape index (κ2) is 8.21. The van der Waals surface area contributed by atoms with E-state index in [1.807, 2.05) is 0 Å². The van der Waals surface area contributed by atoms with Gasteiger partial charge in [-0.2, -0.15) is 5.10 Å². The third-order valence-electron chi connectivity index (χ3n) is 5.53. The molecule has 1 saturated heterocycles. The molecular formula is C21H21F3N4O3S. The second-order valence-corrected chi connectivity index (χ2v) is 10.0. The highest BCUT2D eigenvalue weighted by Crippen LogP contribution is 2.36. The van der Waals surface area contributed by atoms with Gasteiger partial charge in [0.05, 0.1) is 17.3 Å². The molecule has 1 N–H and O–H groups in total. The number of hydrogen-bond donors (Lipinski definition) is 1. The summed E-state index contributed by atoms with van der Waals surface area (Å²) in [6.07, 6.45) is 1.42. The van der Waals surface area contributed by atoms with E-state index >= 15 is 4.39 Å². The average molecular weight is 466 g/mol. The maximum atomic E-state index is 15.5. The van der Waals surface area contributed by atoms with E-state index in [-0.39, 0.29) is 18.5 Å². The number of aromatic nitrogens is 2. The number of fused-ring (bicyclic) bond motifs is 1. The molecule has 0 saturated carbocycles. The Kier molecular flexibility index (Phi) is 5.72. The fraction of sp³-hybridized carbons (Fsp3) is 0.333. The Morgan fingerprint density at radius 2 is 2.06 bits per heavy atom. The molecular weight excluding hydrogens is 445 g/mol. The molecule has 11 heteroatoms. The third kappa shape index (κ3) is 4.22. The van der Waals surface area contributed by atoms with Gasteiger partial charge in [-0.25, -0.2) is 30.8 Å². The number of halogens is 3. The lowest BCUT2D eigenvalue weighted by molar-refractivity contribution is 0.0975. The summed E-state index contributed by atoms with van der Waals surface area (Å²) >= 11 is 0. The van der Waals surface area contributed by atoms with Crippen LogP contribution in [0.2, 0.25) is 0 Å². The van der Waals surface area contributed by atoms with Crippen LogP contribution < -0.4 is 4.72 Å².